The SMILES string of the molecule is N/C(=N\O)c1cccnc1Oc1ccc(Cl)cc1. The molecule has 0 radical (unpaired) electrons. The molecule has 0 aliphatic rings. The molecule has 6 heteroatoms. The van der Waals surface area contributed by atoms with Crippen molar-refractivity contribution in [2.45, 2.75) is 0 Å². The van der Waals surface area contributed by atoms with Crippen LogP contribution in [0.15, 0.2) is 47.8 Å². The minimum atomic E-state index is -0.0629. The lowest BCUT2D eigenvalue weighted by atomic mass is 10.2. The number of benzene rings is 1. The standard InChI is InChI=1S/C12H10ClN3O2/c13-8-3-5-9(6-4-8)18-12-10(11(14)16-17)2-1-7-15-12/h1-7,17H,(H2,14,16). The zero-order valence-corrected chi connectivity index (χ0v) is 10.0. The zero-order chi connectivity index (χ0) is 13.0. The topological polar surface area (TPSA) is 80.7 Å². The van der Waals surface area contributed by atoms with Gasteiger partial charge in [-0.25, -0.2) is 4.98 Å². The van der Waals surface area contributed by atoms with Gasteiger partial charge in [0.1, 0.15) is 5.75 Å². The fourth-order valence-corrected chi connectivity index (χ4v) is 1.46. The van der Waals surface area contributed by atoms with Gasteiger partial charge >= 0.3 is 0 Å². The van der Waals surface area contributed by atoms with Crippen LogP contribution in [0.25, 0.3) is 0 Å². The predicted octanol–water partition coefficient (Wildman–Crippen LogP) is 2.62. The molecule has 0 saturated carbocycles. The van der Waals surface area contributed by atoms with Crippen molar-refractivity contribution in [1.82, 2.24) is 4.98 Å². The summed E-state index contributed by atoms with van der Waals surface area (Å²) in [6.07, 6.45) is 1.55. The summed E-state index contributed by atoms with van der Waals surface area (Å²) < 4.78 is 5.55. The summed E-state index contributed by atoms with van der Waals surface area (Å²) in [4.78, 5) is 4.04. The van der Waals surface area contributed by atoms with Crippen molar-refractivity contribution in [1.29, 1.82) is 0 Å². The highest BCUT2D eigenvalue weighted by Crippen LogP contribution is 2.24. The number of hydrogen-bond acceptors (Lipinski definition) is 4. The minimum absolute atomic E-state index is 0.0629. The van der Waals surface area contributed by atoms with E-state index >= 15 is 0 Å². The molecule has 1 aromatic carbocycles. The molecule has 1 aromatic heterocycles. The van der Waals surface area contributed by atoms with Crippen LogP contribution in [0.2, 0.25) is 5.02 Å². The van der Waals surface area contributed by atoms with Crippen LogP contribution < -0.4 is 10.5 Å². The third kappa shape index (κ3) is 2.70. The molecule has 0 unspecified atom stereocenters. The Hall–Kier alpha value is -2.27. The number of oxime groups is 1. The minimum Gasteiger partial charge on any atom is -0.438 e. The van der Waals surface area contributed by atoms with Crippen LogP contribution in [0, 0.1) is 0 Å². The van der Waals surface area contributed by atoms with E-state index in [9.17, 15) is 0 Å². The van der Waals surface area contributed by atoms with Crippen LogP contribution in [0.3, 0.4) is 0 Å². The molecular formula is C12H10ClN3O2. The van der Waals surface area contributed by atoms with Crippen LogP contribution in [0.4, 0.5) is 0 Å². The molecule has 18 heavy (non-hydrogen) atoms. The maximum absolute atomic E-state index is 8.68. The molecule has 2 aromatic rings. The Balaban J connectivity index is 2.32. The van der Waals surface area contributed by atoms with Gasteiger partial charge in [-0.1, -0.05) is 16.8 Å². The smallest absolute Gasteiger partial charge is 0.230 e. The second kappa shape index (κ2) is 5.37. The Morgan fingerprint density at radius 3 is 2.67 bits per heavy atom. The quantitative estimate of drug-likeness (QED) is 0.386. The number of halogens is 1. The van der Waals surface area contributed by atoms with E-state index in [1.165, 1.54) is 0 Å². The molecule has 92 valence electrons. The lowest BCUT2D eigenvalue weighted by molar-refractivity contribution is 0.318. The van der Waals surface area contributed by atoms with Crippen molar-refractivity contribution >= 4 is 17.4 Å². The zero-order valence-electron chi connectivity index (χ0n) is 9.25. The summed E-state index contributed by atoms with van der Waals surface area (Å²) in [5, 5.41) is 12.2. The van der Waals surface area contributed by atoms with E-state index in [1.54, 1.807) is 42.6 Å². The van der Waals surface area contributed by atoms with E-state index in [0.717, 1.165) is 0 Å². The second-order valence-corrected chi connectivity index (χ2v) is 3.83. The average Bonchev–Trinajstić information content (AvgIpc) is 2.41. The van der Waals surface area contributed by atoms with Gasteiger partial charge in [-0.05, 0) is 36.4 Å². The van der Waals surface area contributed by atoms with Gasteiger partial charge in [-0.3, -0.25) is 0 Å². The van der Waals surface area contributed by atoms with Crippen molar-refractivity contribution in [3.8, 4) is 11.6 Å². The molecule has 0 atom stereocenters. The first kappa shape index (κ1) is 12.2. The Morgan fingerprint density at radius 1 is 1.28 bits per heavy atom. The van der Waals surface area contributed by atoms with E-state index in [-0.39, 0.29) is 11.7 Å². The van der Waals surface area contributed by atoms with Crippen molar-refractivity contribution in [3.63, 3.8) is 0 Å². The fraction of sp³-hybridized carbons (Fsp3) is 0. The summed E-state index contributed by atoms with van der Waals surface area (Å²) in [7, 11) is 0. The van der Waals surface area contributed by atoms with Crippen LogP contribution in [-0.2, 0) is 0 Å². The largest absolute Gasteiger partial charge is 0.438 e. The van der Waals surface area contributed by atoms with Gasteiger partial charge in [0.15, 0.2) is 5.84 Å². The molecule has 0 aliphatic heterocycles. The third-order valence-corrected chi connectivity index (χ3v) is 2.43. The van der Waals surface area contributed by atoms with Gasteiger partial charge in [0.25, 0.3) is 0 Å². The molecule has 3 N–H and O–H groups in total. The van der Waals surface area contributed by atoms with Crippen LogP contribution in [0.5, 0.6) is 11.6 Å². The van der Waals surface area contributed by atoms with E-state index in [2.05, 4.69) is 10.1 Å². The Bertz CT molecular complexity index is 570. The highest BCUT2D eigenvalue weighted by molar-refractivity contribution is 6.30. The van der Waals surface area contributed by atoms with E-state index in [4.69, 9.17) is 27.3 Å². The Kier molecular flexibility index (Phi) is 3.64. The summed E-state index contributed by atoms with van der Waals surface area (Å²) in [6.45, 7) is 0. The maximum atomic E-state index is 8.68. The van der Waals surface area contributed by atoms with Crippen molar-refractivity contribution < 1.29 is 9.94 Å². The molecule has 2 rings (SSSR count). The first-order valence-electron chi connectivity index (χ1n) is 5.07. The number of nitrogens with zero attached hydrogens (tertiary/aromatic N) is 2. The van der Waals surface area contributed by atoms with Gasteiger partial charge in [0, 0.05) is 11.2 Å². The molecule has 0 bridgehead atoms. The second-order valence-electron chi connectivity index (χ2n) is 3.40. The predicted molar refractivity (Wildman–Crippen MR) is 68.3 cm³/mol. The number of nitrogens with two attached hydrogens (primary N) is 1. The van der Waals surface area contributed by atoms with Crippen molar-refractivity contribution in [2.75, 3.05) is 0 Å². The summed E-state index contributed by atoms with van der Waals surface area (Å²) in [5.41, 5.74) is 5.94. The molecule has 0 saturated heterocycles. The summed E-state index contributed by atoms with van der Waals surface area (Å²) >= 11 is 5.78. The van der Waals surface area contributed by atoms with Crippen LogP contribution in [-0.4, -0.2) is 16.0 Å². The maximum Gasteiger partial charge on any atom is 0.230 e. The number of hydrogen-bond donors (Lipinski definition) is 2. The van der Waals surface area contributed by atoms with Gasteiger partial charge in [0.2, 0.25) is 5.88 Å². The molecule has 5 nitrogen and oxygen atoms in total. The summed E-state index contributed by atoms with van der Waals surface area (Å²) in [6, 6.07) is 10.1. The Labute approximate surface area is 108 Å². The molecule has 0 spiro atoms. The monoisotopic (exact) mass is 263 g/mol. The normalized spacial score (nSPS) is 11.3. The number of pyridine rings is 1. The average molecular weight is 264 g/mol. The number of amidine groups is 1. The lowest BCUT2D eigenvalue weighted by Crippen LogP contribution is -2.14. The van der Waals surface area contributed by atoms with Crippen molar-refractivity contribution in [2.24, 2.45) is 10.9 Å². The van der Waals surface area contributed by atoms with Gasteiger partial charge < -0.3 is 15.7 Å². The molecule has 1 heterocycles. The third-order valence-electron chi connectivity index (χ3n) is 2.18. The van der Waals surface area contributed by atoms with E-state index in [0.29, 0.717) is 16.3 Å². The van der Waals surface area contributed by atoms with Gasteiger partial charge in [0.05, 0.1) is 5.56 Å². The Morgan fingerprint density at radius 2 is 2.00 bits per heavy atom. The lowest BCUT2D eigenvalue weighted by Gasteiger charge is -2.08. The first-order chi connectivity index (χ1) is 8.70. The van der Waals surface area contributed by atoms with E-state index in [1.807, 2.05) is 0 Å². The highest BCUT2D eigenvalue weighted by atomic mass is 35.5. The molecular weight excluding hydrogens is 254 g/mol. The molecule has 0 aliphatic carbocycles. The first-order valence-corrected chi connectivity index (χ1v) is 5.45. The highest BCUT2D eigenvalue weighted by Gasteiger charge is 2.09. The van der Waals surface area contributed by atoms with Crippen molar-refractivity contribution in [3.05, 3.63) is 53.2 Å². The van der Waals surface area contributed by atoms with Gasteiger partial charge in [-0.2, -0.15) is 0 Å². The molecule has 0 fully saturated rings. The number of aromatic nitrogens is 1. The van der Waals surface area contributed by atoms with Gasteiger partial charge in [-0.15, -0.1) is 0 Å². The number of rotatable bonds is 3. The number of ether oxygens (including phenoxy) is 1. The van der Waals surface area contributed by atoms with Crippen LogP contribution >= 0.6 is 11.6 Å². The van der Waals surface area contributed by atoms with E-state index < -0.39 is 0 Å². The molecule has 0 amide bonds. The van der Waals surface area contributed by atoms with Crippen LogP contribution in [0.1, 0.15) is 5.56 Å². The summed E-state index contributed by atoms with van der Waals surface area (Å²) in [5.74, 6) is 0.757. The fourth-order valence-electron chi connectivity index (χ4n) is 1.34.